The summed E-state index contributed by atoms with van der Waals surface area (Å²) in [6, 6.07) is 13.3. The van der Waals surface area contributed by atoms with E-state index in [9.17, 15) is 4.79 Å². The van der Waals surface area contributed by atoms with Crippen molar-refractivity contribution >= 4 is 17.2 Å². The van der Waals surface area contributed by atoms with Crippen LogP contribution in [0, 0.1) is 6.92 Å². The van der Waals surface area contributed by atoms with Crippen molar-refractivity contribution in [2.24, 2.45) is 0 Å². The lowest BCUT2D eigenvalue weighted by atomic mass is 10.1. The van der Waals surface area contributed by atoms with Crippen molar-refractivity contribution in [2.75, 3.05) is 5.32 Å². The first kappa shape index (κ1) is 14.3. The predicted molar refractivity (Wildman–Crippen MR) is 92.0 cm³/mol. The molecule has 3 heterocycles. The normalized spacial score (nSPS) is 10.9. The summed E-state index contributed by atoms with van der Waals surface area (Å²) in [6.07, 6.45) is 6.88. The maximum Gasteiger partial charge on any atom is 0.258 e. The number of benzene rings is 1. The maximum absolute atomic E-state index is 12.0. The number of pyridine rings is 1. The van der Waals surface area contributed by atoms with Crippen molar-refractivity contribution in [2.45, 2.75) is 6.92 Å². The molecule has 118 valence electrons. The van der Waals surface area contributed by atoms with Gasteiger partial charge in [0.15, 0.2) is 0 Å². The zero-order chi connectivity index (χ0) is 16.5. The predicted octanol–water partition coefficient (Wildman–Crippen LogP) is 4.16. The van der Waals surface area contributed by atoms with Gasteiger partial charge in [0.2, 0.25) is 0 Å². The fraction of sp³-hybridized carbons (Fsp3) is 0.0526. The third-order valence-corrected chi connectivity index (χ3v) is 3.90. The van der Waals surface area contributed by atoms with Crippen molar-refractivity contribution in [3.8, 4) is 11.3 Å². The van der Waals surface area contributed by atoms with E-state index >= 15 is 0 Å². The van der Waals surface area contributed by atoms with E-state index in [-0.39, 0.29) is 5.91 Å². The lowest BCUT2D eigenvalue weighted by Crippen LogP contribution is -2.10. The van der Waals surface area contributed by atoms with Gasteiger partial charge in [-0.1, -0.05) is 18.2 Å². The number of nitrogens with one attached hydrogen (secondary N) is 1. The Hall–Kier alpha value is -3.34. The van der Waals surface area contributed by atoms with Gasteiger partial charge in [0, 0.05) is 23.6 Å². The number of carbonyl (C=O) groups excluding carboxylic acids is 1. The van der Waals surface area contributed by atoms with Crippen LogP contribution in [0.5, 0.6) is 0 Å². The Labute approximate surface area is 138 Å². The number of furan rings is 1. The van der Waals surface area contributed by atoms with Gasteiger partial charge in [-0.05, 0) is 36.8 Å². The van der Waals surface area contributed by atoms with Crippen molar-refractivity contribution in [3.05, 3.63) is 78.5 Å². The van der Waals surface area contributed by atoms with E-state index in [0.29, 0.717) is 5.56 Å². The molecule has 1 amide bonds. The second kappa shape index (κ2) is 5.70. The highest BCUT2D eigenvalue weighted by atomic mass is 16.3. The van der Waals surface area contributed by atoms with Crippen LogP contribution < -0.4 is 5.32 Å². The van der Waals surface area contributed by atoms with Crippen LogP contribution in [0.2, 0.25) is 0 Å². The van der Waals surface area contributed by atoms with E-state index < -0.39 is 0 Å². The molecule has 1 N–H and O–H groups in total. The molecular formula is C19H15N3O2. The Balaban J connectivity index is 1.58. The summed E-state index contributed by atoms with van der Waals surface area (Å²) in [5.41, 5.74) is 5.20. The fourth-order valence-corrected chi connectivity index (χ4v) is 2.61. The Morgan fingerprint density at radius 1 is 1.17 bits per heavy atom. The first-order chi connectivity index (χ1) is 11.7. The number of aryl methyl sites for hydroxylation is 1. The Kier molecular flexibility index (Phi) is 3.39. The Morgan fingerprint density at radius 3 is 2.71 bits per heavy atom. The number of hydrogen-bond donors (Lipinski definition) is 1. The van der Waals surface area contributed by atoms with E-state index in [1.165, 1.54) is 12.5 Å². The second-order valence-corrected chi connectivity index (χ2v) is 5.59. The van der Waals surface area contributed by atoms with Crippen molar-refractivity contribution in [1.29, 1.82) is 0 Å². The number of carbonyl (C=O) groups is 1. The molecule has 0 spiro atoms. The number of rotatable bonds is 3. The minimum Gasteiger partial charge on any atom is -0.472 e. The molecule has 0 aliphatic carbocycles. The van der Waals surface area contributed by atoms with E-state index in [1.54, 1.807) is 6.07 Å². The molecule has 1 aromatic carbocycles. The van der Waals surface area contributed by atoms with Gasteiger partial charge < -0.3 is 14.1 Å². The van der Waals surface area contributed by atoms with Crippen LogP contribution in [0.15, 0.2) is 71.8 Å². The molecule has 0 fully saturated rings. The van der Waals surface area contributed by atoms with Crippen LogP contribution in [0.1, 0.15) is 15.9 Å². The number of hydrogen-bond acceptors (Lipinski definition) is 3. The Morgan fingerprint density at radius 2 is 2.00 bits per heavy atom. The smallest absolute Gasteiger partial charge is 0.258 e. The first-order valence-electron chi connectivity index (χ1n) is 7.59. The second-order valence-electron chi connectivity index (χ2n) is 5.59. The number of aromatic nitrogens is 2. The van der Waals surface area contributed by atoms with Crippen LogP contribution in [-0.2, 0) is 0 Å². The lowest BCUT2D eigenvalue weighted by Gasteiger charge is -2.04. The Bertz CT molecular complexity index is 999. The van der Waals surface area contributed by atoms with Crippen molar-refractivity contribution < 1.29 is 9.21 Å². The van der Waals surface area contributed by atoms with Crippen LogP contribution >= 0.6 is 0 Å². The van der Waals surface area contributed by atoms with E-state index in [4.69, 9.17) is 4.42 Å². The molecule has 24 heavy (non-hydrogen) atoms. The molecule has 0 unspecified atom stereocenters. The summed E-state index contributed by atoms with van der Waals surface area (Å²) < 4.78 is 6.93. The van der Waals surface area contributed by atoms with Crippen molar-refractivity contribution in [3.63, 3.8) is 0 Å². The third-order valence-electron chi connectivity index (χ3n) is 3.90. The third kappa shape index (κ3) is 2.56. The fourth-order valence-electron chi connectivity index (χ4n) is 2.61. The van der Waals surface area contributed by atoms with Crippen LogP contribution in [0.3, 0.4) is 0 Å². The molecule has 0 aliphatic heterocycles. The SMILES string of the molecule is Cc1cccn2cc(-c3ccc(NC(=O)c4ccoc4)cc3)nc12. The number of anilines is 1. The highest BCUT2D eigenvalue weighted by molar-refractivity contribution is 6.04. The quantitative estimate of drug-likeness (QED) is 0.617. The molecule has 0 saturated carbocycles. The number of nitrogens with zero attached hydrogens (tertiary/aromatic N) is 2. The van der Waals surface area contributed by atoms with E-state index in [1.807, 2.05) is 60.1 Å². The number of amides is 1. The molecule has 4 rings (SSSR count). The molecule has 5 heteroatoms. The zero-order valence-electron chi connectivity index (χ0n) is 13.1. The summed E-state index contributed by atoms with van der Waals surface area (Å²) in [4.78, 5) is 16.7. The van der Waals surface area contributed by atoms with Gasteiger partial charge in [-0.25, -0.2) is 4.98 Å². The minimum atomic E-state index is -0.195. The molecule has 0 saturated heterocycles. The highest BCUT2D eigenvalue weighted by Gasteiger charge is 2.09. The lowest BCUT2D eigenvalue weighted by molar-refractivity contribution is 0.102. The van der Waals surface area contributed by atoms with Gasteiger partial charge in [0.25, 0.3) is 5.91 Å². The van der Waals surface area contributed by atoms with Crippen LogP contribution in [-0.4, -0.2) is 15.3 Å². The molecule has 0 atom stereocenters. The average molecular weight is 317 g/mol. The number of imidazole rings is 1. The zero-order valence-corrected chi connectivity index (χ0v) is 13.1. The molecule has 4 aromatic rings. The van der Waals surface area contributed by atoms with Gasteiger partial charge in [-0.15, -0.1) is 0 Å². The summed E-state index contributed by atoms with van der Waals surface area (Å²) >= 11 is 0. The van der Waals surface area contributed by atoms with Crippen LogP contribution in [0.25, 0.3) is 16.9 Å². The molecule has 5 nitrogen and oxygen atoms in total. The first-order valence-corrected chi connectivity index (χ1v) is 7.59. The summed E-state index contributed by atoms with van der Waals surface area (Å²) in [6.45, 7) is 2.04. The summed E-state index contributed by atoms with van der Waals surface area (Å²) in [5, 5.41) is 2.83. The summed E-state index contributed by atoms with van der Waals surface area (Å²) in [7, 11) is 0. The monoisotopic (exact) mass is 317 g/mol. The standard InChI is InChI=1S/C19H15N3O2/c1-13-3-2-9-22-11-17(21-18(13)22)14-4-6-16(7-5-14)20-19(23)15-8-10-24-12-15/h2-12H,1H3,(H,20,23). The van der Waals surface area contributed by atoms with Crippen molar-refractivity contribution in [1.82, 2.24) is 9.38 Å². The van der Waals surface area contributed by atoms with Crippen LogP contribution in [0.4, 0.5) is 5.69 Å². The molecule has 3 aromatic heterocycles. The van der Waals surface area contributed by atoms with Gasteiger partial charge in [-0.3, -0.25) is 4.79 Å². The molecule has 0 radical (unpaired) electrons. The maximum atomic E-state index is 12.0. The molecule has 0 bridgehead atoms. The van der Waals surface area contributed by atoms with Gasteiger partial charge in [0.1, 0.15) is 11.9 Å². The largest absolute Gasteiger partial charge is 0.472 e. The minimum absolute atomic E-state index is 0.195. The van der Waals surface area contributed by atoms with E-state index in [2.05, 4.69) is 10.3 Å². The average Bonchev–Trinajstić information content (AvgIpc) is 3.26. The highest BCUT2D eigenvalue weighted by Crippen LogP contribution is 2.22. The number of fused-ring (bicyclic) bond motifs is 1. The van der Waals surface area contributed by atoms with Gasteiger partial charge in [0.05, 0.1) is 17.5 Å². The molecular weight excluding hydrogens is 302 g/mol. The van der Waals surface area contributed by atoms with Gasteiger partial charge in [-0.2, -0.15) is 0 Å². The summed E-state index contributed by atoms with van der Waals surface area (Å²) in [5.74, 6) is -0.195. The topological polar surface area (TPSA) is 59.5 Å². The van der Waals surface area contributed by atoms with E-state index in [0.717, 1.165) is 28.2 Å². The van der Waals surface area contributed by atoms with Gasteiger partial charge >= 0.3 is 0 Å². The molecule has 0 aliphatic rings.